The van der Waals surface area contributed by atoms with Gasteiger partial charge in [0.25, 0.3) is 0 Å². The number of carboxylic acids is 2. The average molecular weight is 373 g/mol. The Morgan fingerprint density at radius 2 is 1.84 bits per heavy atom. The first kappa shape index (κ1) is 21.2. The van der Waals surface area contributed by atoms with Crippen LogP contribution in [0.1, 0.15) is 18.4 Å². The lowest BCUT2D eigenvalue weighted by Crippen LogP contribution is -2.43. The number of ether oxygens (including phenoxy) is 1. The van der Waals surface area contributed by atoms with Crippen molar-refractivity contribution in [1.82, 2.24) is 10.2 Å². The van der Waals surface area contributed by atoms with Gasteiger partial charge in [0.05, 0.1) is 11.6 Å². The second-order valence-corrected chi connectivity index (χ2v) is 6.10. The van der Waals surface area contributed by atoms with Crippen molar-refractivity contribution in [1.29, 1.82) is 0 Å². The van der Waals surface area contributed by atoms with Gasteiger partial charge in [-0.25, -0.2) is 9.59 Å². The lowest BCUT2D eigenvalue weighted by atomic mass is 10.2. The summed E-state index contributed by atoms with van der Waals surface area (Å²) >= 11 is 6.09. The largest absolute Gasteiger partial charge is 0.492 e. The predicted octanol–water partition coefficient (Wildman–Crippen LogP) is 1.87. The van der Waals surface area contributed by atoms with Crippen molar-refractivity contribution in [3.63, 3.8) is 0 Å². The van der Waals surface area contributed by atoms with Gasteiger partial charge < -0.3 is 25.2 Å². The minimum absolute atomic E-state index is 0.702. The molecule has 25 heavy (non-hydrogen) atoms. The van der Waals surface area contributed by atoms with Gasteiger partial charge in [-0.05, 0) is 44.0 Å². The number of rotatable bonds is 6. The molecule has 140 valence electrons. The third-order valence-electron chi connectivity index (χ3n) is 3.61. The number of aliphatic carboxylic acids is 2. The van der Waals surface area contributed by atoms with E-state index in [4.69, 9.17) is 36.1 Å². The van der Waals surface area contributed by atoms with E-state index in [-0.39, 0.29) is 0 Å². The molecule has 1 aliphatic rings. The molecule has 0 bridgehead atoms. The second kappa shape index (κ2) is 11.7. The maximum absolute atomic E-state index is 9.10. The molecule has 0 amide bonds. The van der Waals surface area contributed by atoms with Crippen LogP contribution in [-0.2, 0) is 9.59 Å². The summed E-state index contributed by atoms with van der Waals surface area (Å²) < 4.78 is 5.74. The zero-order valence-corrected chi connectivity index (χ0v) is 15.1. The van der Waals surface area contributed by atoms with Gasteiger partial charge in [-0.1, -0.05) is 17.7 Å². The summed E-state index contributed by atoms with van der Waals surface area (Å²) in [6, 6.07) is 5.89. The molecule has 0 unspecified atom stereocenters. The maximum Gasteiger partial charge on any atom is 0.414 e. The molecule has 0 aromatic heterocycles. The zero-order chi connectivity index (χ0) is 18.7. The highest BCUT2D eigenvalue weighted by Crippen LogP contribution is 2.25. The number of nitrogens with zero attached hydrogens (tertiary/aromatic N) is 1. The number of halogens is 1. The molecule has 0 radical (unpaired) electrons. The highest BCUT2D eigenvalue weighted by atomic mass is 35.5. The Morgan fingerprint density at radius 1 is 1.20 bits per heavy atom. The third kappa shape index (κ3) is 9.28. The van der Waals surface area contributed by atoms with Crippen LogP contribution in [-0.4, -0.2) is 66.4 Å². The third-order valence-corrected chi connectivity index (χ3v) is 3.92. The summed E-state index contributed by atoms with van der Waals surface area (Å²) in [4.78, 5) is 20.7. The van der Waals surface area contributed by atoms with Gasteiger partial charge >= 0.3 is 11.9 Å². The van der Waals surface area contributed by atoms with Crippen LogP contribution >= 0.6 is 11.6 Å². The van der Waals surface area contributed by atoms with Gasteiger partial charge in [-0.2, -0.15) is 0 Å². The van der Waals surface area contributed by atoms with Crippen LogP contribution in [0, 0.1) is 6.92 Å². The van der Waals surface area contributed by atoms with E-state index in [1.165, 1.54) is 31.6 Å². The summed E-state index contributed by atoms with van der Waals surface area (Å²) in [5.74, 6) is -2.84. The van der Waals surface area contributed by atoms with Crippen LogP contribution in [0.5, 0.6) is 5.75 Å². The van der Waals surface area contributed by atoms with Gasteiger partial charge in [-0.15, -0.1) is 0 Å². The molecule has 2 rings (SSSR count). The summed E-state index contributed by atoms with van der Waals surface area (Å²) in [6.45, 7) is 8.55. The molecule has 1 aromatic rings. The predicted molar refractivity (Wildman–Crippen MR) is 95.5 cm³/mol. The lowest BCUT2D eigenvalue weighted by Gasteiger charge is -2.27. The average Bonchev–Trinajstić information content (AvgIpc) is 2.59. The molecular weight excluding hydrogens is 348 g/mol. The van der Waals surface area contributed by atoms with E-state index in [1.807, 2.05) is 25.1 Å². The number of carbonyl (C=O) groups is 2. The van der Waals surface area contributed by atoms with Crippen molar-refractivity contribution in [2.45, 2.75) is 19.8 Å². The Balaban J connectivity index is 0.000000450. The van der Waals surface area contributed by atoms with E-state index in [0.29, 0.717) is 5.02 Å². The van der Waals surface area contributed by atoms with Crippen molar-refractivity contribution in [3.05, 3.63) is 28.8 Å². The fourth-order valence-corrected chi connectivity index (χ4v) is 2.45. The molecule has 1 aromatic carbocycles. The van der Waals surface area contributed by atoms with Crippen molar-refractivity contribution >= 4 is 23.5 Å². The minimum Gasteiger partial charge on any atom is -0.492 e. The van der Waals surface area contributed by atoms with Crippen LogP contribution < -0.4 is 10.1 Å². The molecule has 0 atom stereocenters. The Bertz CT molecular complexity index is 550. The van der Waals surface area contributed by atoms with Crippen LogP contribution in [0.4, 0.5) is 0 Å². The van der Waals surface area contributed by atoms with Crippen LogP contribution in [0.2, 0.25) is 5.02 Å². The smallest absolute Gasteiger partial charge is 0.414 e. The molecule has 0 saturated carbocycles. The van der Waals surface area contributed by atoms with Crippen LogP contribution in [0.25, 0.3) is 0 Å². The van der Waals surface area contributed by atoms with Gasteiger partial charge in [-0.3, -0.25) is 0 Å². The number of nitrogens with one attached hydrogen (secondary N) is 1. The maximum atomic E-state index is 9.10. The minimum atomic E-state index is -1.82. The monoisotopic (exact) mass is 372 g/mol. The molecule has 1 aliphatic heterocycles. The van der Waals surface area contributed by atoms with Gasteiger partial charge in [0.15, 0.2) is 0 Å². The first-order valence-corrected chi connectivity index (χ1v) is 8.56. The Morgan fingerprint density at radius 3 is 2.44 bits per heavy atom. The molecule has 1 fully saturated rings. The number of benzene rings is 1. The standard InChI is InChI=1S/C15H23ClN2O.C2H2O4/c1-13-4-5-14(16)15(12-13)19-11-3-2-8-18-9-6-17-7-10-18;3-1(4)2(5)6/h4-5,12,17H,2-3,6-11H2,1H3;(H,3,4)(H,5,6). The van der Waals surface area contributed by atoms with E-state index in [0.717, 1.165) is 31.9 Å². The normalized spacial score (nSPS) is 14.3. The van der Waals surface area contributed by atoms with E-state index in [1.54, 1.807) is 0 Å². The Labute approximate surface area is 152 Å². The number of piperazine rings is 1. The van der Waals surface area contributed by atoms with Crippen molar-refractivity contribution in [2.24, 2.45) is 0 Å². The first-order valence-electron chi connectivity index (χ1n) is 8.18. The van der Waals surface area contributed by atoms with Crippen molar-refractivity contribution in [2.75, 3.05) is 39.3 Å². The molecule has 0 aliphatic carbocycles. The van der Waals surface area contributed by atoms with E-state index in [2.05, 4.69) is 10.2 Å². The Hall–Kier alpha value is -1.83. The number of unbranched alkanes of at least 4 members (excludes halogenated alkanes) is 1. The quantitative estimate of drug-likeness (QED) is 0.517. The number of aryl methyl sites for hydroxylation is 1. The van der Waals surface area contributed by atoms with Gasteiger partial charge in [0.1, 0.15) is 5.75 Å². The zero-order valence-electron chi connectivity index (χ0n) is 14.3. The second-order valence-electron chi connectivity index (χ2n) is 5.69. The molecular formula is C17H25ClN2O5. The summed E-state index contributed by atoms with van der Waals surface area (Å²) in [5, 5.41) is 18.9. The molecule has 7 nitrogen and oxygen atoms in total. The van der Waals surface area contributed by atoms with Crippen molar-refractivity contribution < 1.29 is 24.5 Å². The molecule has 3 N–H and O–H groups in total. The van der Waals surface area contributed by atoms with E-state index >= 15 is 0 Å². The molecule has 1 saturated heterocycles. The molecule has 1 heterocycles. The number of hydrogen-bond acceptors (Lipinski definition) is 5. The topological polar surface area (TPSA) is 99.1 Å². The van der Waals surface area contributed by atoms with E-state index < -0.39 is 11.9 Å². The summed E-state index contributed by atoms with van der Waals surface area (Å²) in [5.41, 5.74) is 1.18. The van der Waals surface area contributed by atoms with Gasteiger partial charge in [0, 0.05) is 26.2 Å². The fraction of sp³-hybridized carbons (Fsp3) is 0.529. The summed E-state index contributed by atoms with van der Waals surface area (Å²) in [7, 11) is 0. The summed E-state index contributed by atoms with van der Waals surface area (Å²) in [6.07, 6.45) is 2.26. The first-order chi connectivity index (χ1) is 11.9. The number of carboxylic acid groups (broad SMARTS) is 2. The van der Waals surface area contributed by atoms with E-state index in [9.17, 15) is 0 Å². The number of hydrogen-bond donors (Lipinski definition) is 3. The molecule has 0 spiro atoms. The lowest BCUT2D eigenvalue weighted by molar-refractivity contribution is -0.159. The highest BCUT2D eigenvalue weighted by Gasteiger charge is 2.08. The fourth-order valence-electron chi connectivity index (χ4n) is 2.28. The van der Waals surface area contributed by atoms with Crippen LogP contribution in [0.15, 0.2) is 18.2 Å². The molecule has 8 heteroatoms. The SMILES string of the molecule is Cc1ccc(Cl)c(OCCCCN2CCNCC2)c1.O=C(O)C(=O)O. The van der Waals surface area contributed by atoms with Gasteiger partial charge in [0.2, 0.25) is 0 Å². The van der Waals surface area contributed by atoms with Crippen LogP contribution in [0.3, 0.4) is 0 Å². The highest BCUT2D eigenvalue weighted by molar-refractivity contribution is 6.32. The van der Waals surface area contributed by atoms with Crippen molar-refractivity contribution in [3.8, 4) is 5.75 Å². The Kier molecular flexibility index (Phi) is 9.91.